The minimum atomic E-state index is -2.54. The summed E-state index contributed by atoms with van der Waals surface area (Å²) in [5.41, 5.74) is 8.26. The summed E-state index contributed by atoms with van der Waals surface area (Å²) < 4.78 is 96.8. The van der Waals surface area contributed by atoms with E-state index in [1.54, 1.807) is 48.0 Å². The van der Waals surface area contributed by atoms with Gasteiger partial charge in [-0.25, -0.2) is 14.4 Å². The number of cyclic esters (lactones) is 1. The molecule has 106 heavy (non-hydrogen) atoms. The van der Waals surface area contributed by atoms with Crippen molar-refractivity contribution in [3.63, 3.8) is 0 Å². The smallest absolute Gasteiger partial charge is 0.407 e. The fourth-order valence-electron chi connectivity index (χ4n) is 13.0. The molecule has 2 saturated heterocycles. The Morgan fingerprint density at radius 1 is 0.604 bits per heavy atom. The average Bonchev–Trinajstić information content (AvgIpc) is 0.775. The molecule has 1 aliphatic carbocycles. The van der Waals surface area contributed by atoms with Crippen LogP contribution in [0.15, 0.2) is 47.6 Å². The van der Waals surface area contributed by atoms with Gasteiger partial charge in [-0.2, -0.15) is 0 Å². The van der Waals surface area contributed by atoms with Crippen LogP contribution in [0, 0.1) is 29.6 Å². The van der Waals surface area contributed by atoms with Crippen molar-refractivity contribution < 1.29 is 125 Å². The number of aliphatic hydroxyl groups excluding tert-OH is 2. The molecule has 3 amide bonds. The molecule has 4 aliphatic rings. The number of piperidine rings is 1. The van der Waals surface area contributed by atoms with Crippen molar-refractivity contribution >= 4 is 35.6 Å². The number of carbonyl (C=O) groups excluding carboxylic acids is 6. The Morgan fingerprint density at radius 2 is 1.14 bits per heavy atom. The second kappa shape index (κ2) is 54.6. The van der Waals surface area contributed by atoms with Crippen LogP contribution < -0.4 is 16.4 Å². The number of ether oxygens (including phenoxy) is 17. The number of hydrogen-bond donors (Lipinski definition) is 6. The van der Waals surface area contributed by atoms with Gasteiger partial charge in [0.2, 0.25) is 5.79 Å². The number of nitrogens with zero attached hydrogens (tertiary/aromatic N) is 1. The molecule has 4 rings (SSSR count). The third-order valence-electron chi connectivity index (χ3n) is 19.3. The summed E-state index contributed by atoms with van der Waals surface area (Å²) >= 11 is 0. The van der Waals surface area contributed by atoms with Crippen LogP contribution in [-0.2, 0) is 99.7 Å². The number of ketones is 2. The van der Waals surface area contributed by atoms with Gasteiger partial charge in [0.15, 0.2) is 5.78 Å². The highest BCUT2D eigenvalue weighted by Gasteiger charge is 2.53. The normalized spacial score (nSPS) is 29.9. The third-order valence-corrected chi connectivity index (χ3v) is 19.3. The number of hydrogen-bond acceptors (Lipinski definition) is 27. The second-order valence-corrected chi connectivity index (χ2v) is 27.6. The summed E-state index contributed by atoms with van der Waals surface area (Å²) in [6.07, 6.45) is 4.57. The van der Waals surface area contributed by atoms with Gasteiger partial charge in [0.25, 0.3) is 11.7 Å². The number of nitrogens with one attached hydrogen (secondary N) is 2. The first-order valence-electron chi connectivity index (χ1n) is 38.1. The van der Waals surface area contributed by atoms with E-state index in [-0.39, 0.29) is 89.2 Å². The minimum Gasteiger partial charge on any atom is -0.459 e. The first-order chi connectivity index (χ1) is 51.1. The zero-order valence-corrected chi connectivity index (χ0v) is 64.8. The summed E-state index contributed by atoms with van der Waals surface area (Å²) in [5, 5.41) is 40.9. The van der Waals surface area contributed by atoms with E-state index in [0.717, 1.165) is 10.5 Å². The van der Waals surface area contributed by atoms with Crippen molar-refractivity contribution in [3.8, 4) is 0 Å². The van der Waals surface area contributed by atoms with Gasteiger partial charge in [-0.15, -0.1) is 0 Å². The molecule has 0 aromatic rings. The number of esters is 1. The topological polar surface area (TPSA) is 373 Å². The molecule has 2 bridgehead atoms. The zero-order valence-electron chi connectivity index (χ0n) is 64.8. The Morgan fingerprint density at radius 3 is 1.68 bits per heavy atom. The maximum atomic E-state index is 15.1. The number of alkyl carbamates (subject to hydrolysis) is 2. The predicted molar refractivity (Wildman–Crippen MR) is 390 cm³/mol. The Bertz CT molecular complexity index is 2600. The van der Waals surface area contributed by atoms with Crippen molar-refractivity contribution in [1.29, 1.82) is 0 Å². The molecule has 3 heterocycles. The van der Waals surface area contributed by atoms with E-state index in [2.05, 4.69) is 10.6 Å². The predicted octanol–water partition coefficient (Wildman–Crippen LogP) is 5.31. The number of Topliss-reactive ketones (excluding diaryl/α,β-unsaturated/α-hetero) is 2. The first kappa shape index (κ1) is 93.4. The number of nitrogens with two attached hydrogens (primary N) is 1. The SMILES string of the molecule is CCOCCOCCOCCOCCOCCOCCOCCNC(=O)O[C@@H]1C[C@@H]([C@H](N)C[C@@H]2CC[C@@H](OC(=O)NCCOCCOCCOCCOC)[C@H](OC)C2)OC(=O)[C@@H]2CCCCN2C(=O)C(=O)[C@]2(O)O[C@@H](CC[C@H]2C)C[C@H](OC)/C(C)=C/C=C/C=C/[C@@H](C)C[C@@H](C)C(=O)[C@H](O)[C@H](O)/C(C)=C/[C@H]1C. The van der Waals surface area contributed by atoms with Gasteiger partial charge in [-0.3, -0.25) is 14.4 Å². The molecule has 0 aromatic carbocycles. The summed E-state index contributed by atoms with van der Waals surface area (Å²) in [5.74, 6) is -8.97. The lowest BCUT2D eigenvalue weighted by atomic mass is 9.80. The standard InChI is InChI=1S/C76H130N4O26/c1-11-93-31-32-97-39-40-100-43-44-102-46-45-101-42-41-99-36-34-95-28-25-79-75(88)105-65-52-66(61(77)49-59-21-23-63(67(50-59)92-10)104-74(87)78-24-27-94-33-35-98-38-37-96-30-29-90-8)103-73(86)62-19-15-16-26-80(62)72(85)71(84)76(89)58(7)20-22-60(106-76)51-64(91-9)54(3)18-14-12-13-17-53(2)47-56(5)68(81)70(83)69(82)57(6)48-55(65)4/h12-14,17-18,48,53,55-56,58-67,69-70,82-83,89H,11,15-16,19-47,49-52,77H2,1-10H3,(H,78,87)(H,79,88)/b14-12+,17-13+,54-18+,57-48+/t53-,55-,56-,58-,59+,60+,61-,62+,63-,64+,65-,66+,67-,69-,70+,76-/m1/s1. The Balaban J connectivity index is 1.56. The van der Waals surface area contributed by atoms with E-state index in [9.17, 15) is 39.3 Å². The van der Waals surface area contributed by atoms with Crippen LogP contribution in [0.5, 0.6) is 0 Å². The lowest BCUT2D eigenvalue weighted by Crippen LogP contribution is -2.61. The number of aliphatic hydroxyl groups is 3. The van der Waals surface area contributed by atoms with Gasteiger partial charge in [-0.1, -0.05) is 64.2 Å². The van der Waals surface area contributed by atoms with E-state index in [4.69, 9.17) is 86.3 Å². The molecule has 0 unspecified atom stereocenters. The molecule has 0 spiro atoms. The second-order valence-electron chi connectivity index (χ2n) is 27.6. The van der Waals surface area contributed by atoms with Crippen LogP contribution in [0.25, 0.3) is 0 Å². The number of amides is 3. The summed E-state index contributed by atoms with van der Waals surface area (Å²) in [4.78, 5) is 86.6. The maximum absolute atomic E-state index is 15.1. The molecule has 3 aliphatic heterocycles. The highest BCUT2D eigenvalue weighted by atomic mass is 16.6. The fraction of sp³-hybridized carbons (Fsp3) is 0.816. The molecule has 30 nitrogen and oxygen atoms in total. The lowest BCUT2D eigenvalue weighted by molar-refractivity contribution is -0.265. The Labute approximate surface area is 628 Å². The number of allylic oxidation sites excluding steroid dienone is 5. The maximum Gasteiger partial charge on any atom is 0.407 e. The molecule has 3 fully saturated rings. The highest BCUT2D eigenvalue weighted by molar-refractivity contribution is 6.39. The third kappa shape index (κ3) is 35.8. The van der Waals surface area contributed by atoms with E-state index >= 15 is 4.79 Å². The molecule has 7 N–H and O–H groups in total. The van der Waals surface area contributed by atoms with Gasteiger partial charge in [0, 0.05) is 84.2 Å². The van der Waals surface area contributed by atoms with E-state index in [0.29, 0.717) is 164 Å². The van der Waals surface area contributed by atoms with Crippen molar-refractivity contribution in [1.82, 2.24) is 15.5 Å². The van der Waals surface area contributed by atoms with Crippen LogP contribution in [-0.4, -0.2) is 302 Å². The van der Waals surface area contributed by atoms with Crippen LogP contribution in [0.1, 0.15) is 126 Å². The van der Waals surface area contributed by atoms with Gasteiger partial charge < -0.3 is 117 Å². The van der Waals surface area contributed by atoms with E-state index < -0.39 is 120 Å². The van der Waals surface area contributed by atoms with Crippen LogP contribution in [0.4, 0.5) is 9.59 Å². The minimum absolute atomic E-state index is 0.000426. The number of rotatable bonds is 41. The van der Waals surface area contributed by atoms with Gasteiger partial charge in [0.05, 0.1) is 150 Å². The molecule has 0 aromatic heterocycles. The molecule has 610 valence electrons. The van der Waals surface area contributed by atoms with Gasteiger partial charge in [-0.05, 0) is 108 Å². The first-order valence-corrected chi connectivity index (χ1v) is 38.1. The monoisotopic (exact) mass is 1510 g/mol. The molecular formula is C76H130N4O26. The Kier molecular flexibility index (Phi) is 48.2. The average molecular weight is 1520 g/mol. The fourth-order valence-corrected chi connectivity index (χ4v) is 13.0. The van der Waals surface area contributed by atoms with Gasteiger partial charge >= 0.3 is 18.2 Å². The zero-order chi connectivity index (χ0) is 77.5. The summed E-state index contributed by atoms with van der Waals surface area (Å²) in [6, 6.07) is -2.32. The number of fused-ring (bicyclic) bond motifs is 3. The highest BCUT2D eigenvalue weighted by Crippen LogP contribution is 2.38. The molecule has 1 saturated carbocycles. The molecule has 30 heteroatoms. The van der Waals surface area contributed by atoms with E-state index in [1.165, 1.54) is 7.11 Å². The quantitative estimate of drug-likeness (QED) is 0.0148. The largest absolute Gasteiger partial charge is 0.459 e. The lowest BCUT2D eigenvalue weighted by Gasteiger charge is -2.43. The van der Waals surface area contributed by atoms with Crippen LogP contribution >= 0.6 is 0 Å². The summed E-state index contributed by atoms with van der Waals surface area (Å²) in [7, 11) is 4.66. The Hall–Kier alpha value is -4.94. The summed E-state index contributed by atoms with van der Waals surface area (Å²) in [6.45, 7) is 20.6. The molecule has 16 atom stereocenters. The molecule has 0 radical (unpaired) electrons. The van der Waals surface area contributed by atoms with Crippen molar-refractivity contribution in [2.24, 2.45) is 35.3 Å². The van der Waals surface area contributed by atoms with Crippen LogP contribution in [0.2, 0.25) is 0 Å². The van der Waals surface area contributed by atoms with Crippen molar-refractivity contribution in [2.75, 3.05) is 180 Å². The van der Waals surface area contributed by atoms with Crippen LogP contribution in [0.3, 0.4) is 0 Å². The molecular weight excluding hydrogens is 1380 g/mol. The van der Waals surface area contributed by atoms with Crippen molar-refractivity contribution in [2.45, 2.75) is 192 Å². The number of carbonyl (C=O) groups is 6. The number of methoxy groups -OCH3 is 3. The van der Waals surface area contributed by atoms with E-state index in [1.807, 2.05) is 51.2 Å². The van der Waals surface area contributed by atoms with Crippen molar-refractivity contribution in [3.05, 3.63) is 47.6 Å². The van der Waals surface area contributed by atoms with Gasteiger partial charge in [0.1, 0.15) is 36.6 Å².